The van der Waals surface area contributed by atoms with Gasteiger partial charge in [-0.3, -0.25) is 9.59 Å². The molecule has 0 aromatic heterocycles. The first-order valence-electron chi connectivity index (χ1n) is 9.95. The summed E-state index contributed by atoms with van der Waals surface area (Å²) < 4.78 is 26.8. The molecule has 0 spiro atoms. The SMILES string of the molecule is O=C(CCCC(=O)c1ccccc1)Nc1ccc(S(=O)(=O)N2CCCCC2)cc1. The quantitative estimate of drug-likeness (QED) is 0.665. The standard InChI is InChI=1S/C22H26N2O4S/c25-21(18-8-3-1-4-9-18)10-7-11-22(26)23-19-12-14-20(15-13-19)29(27,28)24-16-5-2-6-17-24/h1,3-4,8-9,12-15H,2,5-7,10-11,16-17H2,(H,23,26). The Bertz CT molecular complexity index is 935. The Morgan fingerprint density at radius 2 is 1.52 bits per heavy atom. The summed E-state index contributed by atoms with van der Waals surface area (Å²) in [4.78, 5) is 24.4. The molecule has 0 atom stereocenters. The Balaban J connectivity index is 1.49. The second-order valence-electron chi connectivity index (χ2n) is 7.18. The summed E-state index contributed by atoms with van der Waals surface area (Å²) in [5.74, 6) is -0.178. The molecule has 1 aliphatic heterocycles. The van der Waals surface area contributed by atoms with Crippen LogP contribution in [0, 0.1) is 0 Å². The second-order valence-corrected chi connectivity index (χ2v) is 9.12. The summed E-state index contributed by atoms with van der Waals surface area (Å²) in [6.45, 7) is 1.12. The normalized spacial score (nSPS) is 15.0. The van der Waals surface area contributed by atoms with Gasteiger partial charge in [0.2, 0.25) is 15.9 Å². The van der Waals surface area contributed by atoms with E-state index in [-0.39, 0.29) is 23.0 Å². The number of anilines is 1. The molecule has 1 aliphatic rings. The predicted octanol–water partition coefficient (Wildman–Crippen LogP) is 3.85. The fourth-order valence-electron chi connectivity index (χ4n) is 3.37. The fourth-order valence-corrected chi connectivity index (χ4v) is 4.88. The third-order valence-electron chi connectivity index (χ3n) is 4.99. The maximum Gasteiger partial charge on any atom is 0.243 e. The van der Waals surface area contributed by atoms with Crippen molar-refractivity contribution in [3.05, 3.63) is 60.2 Å². The number of carbonyl (C=O) groups excluding carboxylic acids is 2. The highest BCUT2D eigenvalue weighted by Crippen LogP contribution is 2.22. The minimum Gasteiger partial charge on any atom is -0.326 e. The van der Waals surface area contributed by atoms with E-state index in [9.17, 15) is 18.0 Å². The molecular formula is C22H26N2O4S. The summed E-state index contributed by atoms with van der Waals surface area (Å²) in [5, 5.41) is 2.75. The number of hydrogen-bond acceptors (Lipinski definition) is 4. The number of benzene rings is 2. The summed E-state index contributed by atoms with van der Waals surface area (Å²) in [6.07, 6.45) is 3.84. The van der Waals surface area contributed by atoms with Crippen LogP contribution in [0.15, 0.2) is 59.5 Å². The predicted molar refractivity (Wildman–Crippen MR) is 112 cm³/mol. The largest absolute Gasteiger partial charge is 0.326 e. The second kappa shape index (κ2) is 9.80. The molecule has 29 heavy (non-hydrogen) atoms. The highest BCUT2D eigenvalue weighted by atomic mass is 32.2. The van der Waals surface area contributed by atoms with Crippen LogP contribution >= 0.6 is 0 Å². The summed E-state index contributed by atoms with van der Waals surface area (Å²) in [7, 11) is -3.47. The zero-order valence-electron chi connectivity index (χ0n) is 16.3. The van der Waals surface area contributed by atoms with Gasteiger partial charge in [0.05, 0.1) is 4.90 Å². The molecule has 0 unspecified atom stereocenters. The zero-order chi connectivity index (χ0) is 20.7. The van der Waals surface area contributed by atoms with Crippen LogP contribution in [0.25, 0.3) is 0 Å². The average Bonchev–Trinajstić information content (AvgIpc) is 2.75. The number of piperidine rings is 1. The Labute approximate surface area is 172 Å². The number of nitrogens with one attached hydrogen (secondary N) is 1. The topological polar surface area (TPSA) is 83.5 Å². The molecule has 0 aliphatic carbocycles. The van der Waals surface area contributed by atoms with Gasteiger partial charge in [-0.2, -0.15) is 4.31 Å². The van der Waals surface area contributed by atoms with Gasteiger partial charge in [0, 0.05) is 37.2 Å². The number of sulfonamides is 1. The number of ketones is 1. The number of rotatable bonds is 8. The van der Waals surface area contributed by atoms with Crippen molar-refractivity contribution in [2.24, 2.45) is 0 Å². The highest BCUT2D eigenvalue weighted by Gasteiger charge is 2.25. The lowest BCUT2D eigenvalue weighted by Gasteiger charge is -2.25. The van der Waals surface area contributed by atoms with Crippen molar-refractivity contribution in [1.29, 1.82) is 0 Å². The molecule has 7 heteroatoms. The number of carbonyl (C=O) groups is 2. The minimum atomic E-state index is -3.47. The van der Waals surface area contributed by atoms with Crippen LogP contribution in [0.5, 0.6) is 0 Å². The average molecular weight is 415 g/mol. The molecular weight excluding hydrogens is 388 g/mol. The van der Waals surface area contributed by atoms with Gasteiger partial charge >= 0.3 is 0 Å². The Morgan fingerprint density at radius 1 is 0.862 bits per heavy atom. The molecule has 0 radical (unpaired) electrons. The van der Waals surface area contributed by atoms with E-state index in [0.717, 1.165) is 19.3 Å². The Kier molecular flexibility index (Phi) is 7.17. The van der Waals surface area contributed by atoms with Crippen LogP contribution in [-0.2, 0) is 14.8 Å². The van der Waals surface area contributed by atoms with Gasteiger partial charge in [-0.15, -0.1) is 0 Å². The lowest BCUT2D eigenvalue weighted by Crippen LogP contribution is -2.35. The number of nitrogens with zero attached hydrogens (tertiary/aromatic N) is 1. The molecule has 1 saturated heterocycles. The van der Waals surface area contributed by atoms with E-state index < -0.39 is 10.0 Å². The summed E-state index contributed by atoms with van der Waals surface area (Å²) in [6, 6.07) is 15.3. The minimum absolute atomic E-state index is 0.0191. The maximum atomic E-state index is 12.6. The molecule has 1 heterocycles. The lowest BCUT2D eigenvalue weighted by molar-refractivity contribution is -0.116. The molecule has 154 valence electrons. The summed E-state index contributed by atoms with van der Waals surface area (Å²) in [5.41, 5.74) is 1.19. The van der Waals surface area contributed by atoms with E-state index in [0.29, 0.717) is 37.2 Å². The van der Waals surface area contributed by atoms with Crippen LogP contribution in [0.4, 0.5) is 5.69 Å². The third kappa shape index (κ3) is 5.74. The van der Waals surface area contributed by atoms with Gasteiger partial charge in [-0.05, 0) is 43.5 Å². The van der Waals surface area contributed by atoms with E-state index >= 15 is 0 Å². The molecule has 2 aromatic rings. The first-order chi connectivity index (χ1) is 14.0. The van der Waals surface area contributed by atoms with E-state index in [1.807, 2.05) is 18.2 Å². The van der Waals surface area contributed by atoms with E-state index in [1.165, 1.54) is 16.4 Å². The zero-order valence-corrected chi connectivity index (χ0v) is 17.2. The molecule has 1 amide bonds. The third-order valence-corrected chi connectivity index (χ3v) is 6.91. The molecule has 1 N–H and O–H groups in total. The number of Topliss-reactive ketones (excluding diaryl/α,β-unsaturated/α-hetero) is 1. The van der Waals surface area contributed by atoms with Gasteiger partial charge in [0.15, 0.2) is 5.78 Å². The molecule has 0 saturated carbocycles. The van der Waals surface area contributed by atoms with Gasteiger partial charge in [0.1, 0.15) is 0 Å². The highest BCUT2D eigenvalue weighted by molar-refractivity contribution is 7.89. The van der Waals surface area contributed by atoms with Gasteiger partial charge in [0.25, 0.3) is 0 Å². The lowest BCUT2D eigenvalue weighted by atomic mass is 10.1. The smallest absolute Gasteiger partial charge is 0.243 e. The molecule has 0 bridgehead atoms. The van der Waals surface area contributed by atoms with Crippen molar-refractivity contribution >= 4 is 27.4 Å². The van der Waals surface area contributed by atoms with Crippen molar-refractivity contribution in [3.63, 3.8) is 0 Å². The van der Waals surface area contributed by atoms with Crippen molar-refractivity contribution in [1.82, 2.24) is 4.31 Å². The van der Waals surface area contributed by atoms with Crippen LogP contribution in [-0.4, -0.2) is 37.5 Å². The Hall–Kier alpha value is -2.51. The molecule has 1 fully saturated rings. The number of hydrogen-bond donors (Lipinski definition) is 1. The monoisotopic (exact) mass is 414 g/mol. The van der Waals surface area contributed by atoms with Crippen LogP contribution in [0.3, 0.4) is 0 Å². The first kappa shape index (κ1) is 21.2. The molecule has 2 aromatic carbocycles. The van der Waals surface area contributed by atoms with Crippen LogP contribution in [0.1, 0.15) is 48.9 Å². The first-order valence-corrected chi connectivity index (χ1v) is 11.4. The van der Waals surface area contributed by atoms with Crippen LogP contribution in [0.2, 0.25) is 0 Å². The van der Waals surface area contributed by atoms with Gasteiger partial charge < -0.3 is 5.32 Å². The Morgan fingerprint density at radius 3 is 2.17 bits per heavy atom. The van der Waals surface area contributed by atoms with Gasteiger partial charge in [-0.1, -0.05) is 36.8 Å². The maximum absolute atomic E-state index is 12.6. The van der Waals surface area contributed by atoms with E-state index in [2.05, 4.69) is 5.32 Å². The number of amides is 1. The van der Waals surface area contributed by atoms with E-state index in [1.54, 1.807) is 24.3 Å². The molecule has 6 nitrogen and oxygen atoms in total. The van der Waals surface area contributed by atoms with Gasteiger partial charge in [-0.25, -0.2) is 8.42 Å². The van der Waals surface area contributed by atoms with Crippen molar-refractivity contribution in [2.45, 2.75) is 43.4 Å². The van der Waals surface area contributed by atoms with Crippen LogP contribution < -0.4 is 5.32 Å². The summed E-state index contributed by atoms with van der Waals surface area (Å²) >= 11 is 0. The van der Waals surface area contributed by atoms with Crippen molar-refractivity contribution in [2.75, 3.05) is 18.4 Å². The van der Waals surface area contributed by atoms with Crippen molar-refractivity contribution in [3.8, 4) is 0 Å². The molecule has 3 rings (SSSR count). The van der Waals surface area contributed by atoms with E-state index in [4.69, 9.17) is 0 Å². The fraction of sp³-hybridized carbons (Fsp3) is 0.364. The van der Waals surface area contributed by atoms with Crippen molar-refractivity contribution < 1.29 is 18.0 Å².